The Morgan fingerprint density at radius 1 is 1.21 bits per heavy atom. The number of carbonyl (C=O) groups excluding carboxylic acids is 1. The number of nitrogens with one attached hydrogen (secondary N) is 1. The minimum atomic E-state index is -0.866. The largest absolute Gasteiger partial charge is 0.481 e. The van der Waals surface area contributed by atoms with Crippen LogP contribution in [-0.4, -0.2) is 41.1 Å². The zero-order chi connectivity index (χ0) is 14.3. The van der Waals surface area contributed by atoms with Crippen LogP contribution in [-0.2, 0) is 4.79 Å². The van der Waals surface area contributed by atoms with E-state index in [1.165, 1.54) is 19.3 Å². The molecule has 0 radical (unpaired) electrons. The second-order valence-corrected chi connectivity index (χ2v) is 5.30. The number of carboxylic acids is 1. The number of carboxylic acid groups (broad SMARTS) is 1. The highest BCUT2D eigenvalue weighted by atomic mass is 16.4. The van der Waals surface area contributed by atoms with E-state index in [-0.39, 0.29) is 25.0 Å². The Balaban J connectivity index is 2.34. The molecule has 0 saturated heterocycles. The molecule has 19 heavy (non-hydrogen) atoms. The first-order valence-electron chi connectivity index (χ1n) is 7.34. The molecule has 0 atom stereocenters. The van der Waals surface area contributed by atoms with Crippen molar-refractivity contribution in [1.82, 2.24) is 10.2 Å². The van der Waals surface area contributed by atoms with Crippen molar-refractivity contribution < 1.29 is 14.7 Å². The smallest absolute Gasteiger partial charge is 0.317 e. The molecule has 0 aromatic rings. The zero-order valence-corrected chi connectivity index (χ0v) is 12.0. The van der Waals surface area contributed by atoms with E-state index in [2.05, 4.69) is 12.2 Å². The Hall–Kier alpha value is -1.26. The third-order valence-corrected chi connectivity index (χ3v) is 4.02. The van der Waals surface area contributed by atoms with Gasteiger partial charge >= 0.3 is 12.0 Å². The van der Waals surface area contributed by atoms with E-state index in [4.69, 9.17) is 5.11 Å². The van der Waals surface area contributed by atoms with Crippen molar-refractivity contribution in [2.75, 3.05) is 13.1 Å². The van der Waals surface area contributed by atoms with Crippen molar-refractivity contribution in [2.45, 2.75) is 58.4 Å². The minimum Gasteiger partial charge on any atom is -0.481 e. The summed E-state index contributed by atoms with van der Waals surface area (Å²) in [5, 5.41) is 11.7. The van der Waals surface area contributed by atoms with E-state index in [1.807, 2.05) is 6.92 Å². The molecule has 2 amide bonds. The molecular formula is C14H26N2O3. The summed E-state index contributed by atoms with van der Waals surface area (Å²) in [5.41, 5.74) is 0. The molecular weight excluding hydrogens is 244 g/mol. The van der Waals surface area contributed by atoms with Crippen LogP contribution in [0.4, 0.5) is 4.79 Å². The molecule has 1 aliphatic carbocycles. The van der Waals surface area contributed by atoms with E-state index in [1.54, 1.807) is 4.90 Å². The Bertz CT molecular complexity index is 299. The molecule has 0 aromatic carbocycles. The maximum atomic E-state index is 12.0. The summed E-state index contributed by atoms with van der Waals surface area (Å²) in [7, 11) is 0. The van der Waals surface area contributed by atoms with Gasteiger partial charge in [0.05, 0.1) is 6.42 Å². The van der Waals surface area contributed by atoms with Gasteiger partial charge in [-0.3, -0.25) is 4.79 Å². The lowest BCUT2D eigenvalue weighted by atomic mass is 9.84. The van der Waals surface area contributed by atoms with Gasteiger partial charge < -0.3 is 15.3 Å². The SMILES string of the molecule is CCC1CCC(NC(=O)N(CC)CCC(=O)O)CC1. The van der Waals surface area contributed by atoms with Crippen LogP contribution < -0.4 is 5.32 Å². The van der Waals surface area contributed by atoms with Gasteiger partial charge in [-0.15, -0.1) is 0 Å². The minimum absolute atomic E-state index is 0.00381. The number of urea groups is 1. The van der Waals surface area contributed by atoms with Crippen LogP contribution in [0.3, 0.4) is 0 Å². The Kier molecular flexibility index (Phi) is 6.67. The normalized spacial score (nSPS) is 22.8. The number of carbonyl (C=O) groups is 2. The van der Waals surface area contributed by atoms with Gasteiger partial charge in [-0.1, -0.05) is 13.3 Å². The van der Waals surface area contributed by atoms with Crippen LogP contribution in [0.25, 0.3) is 0 Å². The number of nitrogens with zero attached hydrogens (tertiary/aromatic N) is 1. The third-order valence-electron chi connectivity index (χ3n) is 4.02. The highest BCUT2D eigenvalue weighted by molar-refractivity contribution is 5.75. The maximum Gasteiger partial charge on any atom is 0.317 e. The monoisotopic (exact) mass is 270 g/mol. The summed E-state index contributed by atoms with van der Waals surface area (Å²) in [6.45, 7) is 4.91. The van der Waals surface area contributed by atoms with Gasteiger partial charge in [0.25, 0.3) is 0 Å². The average molecular weight is 270 g/mol. The number of hydrogen-bond donors (Lipinski definition) is 2. The predicted octanol–water partition coefficient (Wildman–Crippen LogP) is 2.46. The van der Waals surface area contributed by atoms with Crippen LogP contribution in [0.2, 0.25) is 0 Å². The number of amides is 2. The molecule has 0 aromatic heterocycles. The predicted molar refractivity (Wildman–Crippen MR) is 74.1 cm³/mol. The lowest BCUT2D eigenvalue weighted by Crippen LogP contribution is -2.46. The van der Waals surface area contributed by atoms with Gasteiger partial charge in [-0.25, -0.2) is 4.79 Å². The van der Waals surface area contributed by atoms with Crippen LogP contribution in [0, 0.1) is 5.92 Å². The van der Waals surface area contributed by atoms with Gasteiger partial charge in [0.2, 0.25) is 0 Å². The summed E-state index contributed by atoms with van der Waals surface area (Å²) in [4.78, 5) is 24.1. The number of aliphatic carboxylic acids is 1. The van der Waals surface area contributed by atoms with E-state index < -0.39 is 5.97 Å². The highest BCUT2D eigenvalue weighted by Crippen LogP contribution is 2.26. The van der Waals surface area contributed by atoms with E-state index in [0.717, 1.165) is 18.8 Å². The molecule has 5 heteroatoms. The molecule has 1 fully saturated rings. The van der Waals surface area contributed by atoms with Gasteiger partial charge in [0.1, 0.15) is 0 Å². The molecule has 0 bridgehead atoms. The second-order valence-electron chi connectivity index (χ2n) is 5.30. The summed E-state index contributed by atoms with van der Waals surface area (Å²) >= 11 is 0. The van der Waals surface area contributed by atoms with Crippen molar-refractivity contribution in [3.63, 3.8) is 0 Å². The lowest BCUT2D eigenvalue weighted by Gasteiger charge is -2.30. The lowest BCUT2D eigenvalue weighted by molar-refractivity contribution is -0.137. The molecule has 1 rings (SSSR count). The van der Waals surface area contributed by atoms with Gasteiger partial charge in [-0.05, 0) is 38.5 Å². The van der Waals surface area contributed by atoms with Crippen LogP contribution >= 0.6 is 0 Å². The summed E-state index contributed by atoms with van der Waals surface area (Å²) in [5.74, 6) is -0.0582. The van der Waals surface area contributed by atoms with Crippen molar-refractivity contribution in [1.29, 1.82) is 0 Å². The van der Waals surface area contributed by atoms with Crippen molar-refractivity contribution in [3.8, 4) is 0 Å². The quantitative estimate of drug-likeness (QED) is 0.779. The van der Waals surface area contributed by atoms with E-state index >= 15 is 0 Å². The standard InChI is InChI=1S/C14H26N2O3/c1-3-11-5-7-12(8-6-11)15-14(19)16(4-2)10-9-13(17)18/h11-12H,3-10H2,1-2H3,(H,15,19)(H,17,18). The molecule has 0 heterocycles. The Morgan fingerprint density at radius 3 is 2.32 bits per heavy atom. The first kappa shape index (κ1) is 15.8. The first-order chi connectivity index (χ1) is 9.06. The molecule has 5 nitrogen and oxygen atoms in total. The van der Waals surface area contributed by atoms with Gasteiger partial charge in [0, 0.05) is 19.1 Å². The Morgan fingerprint density at radius 2 is 1.84 bits per heavy atom. The van der Waals surface area contributed by atoms with Crippen molar-refractivity contribution in [3.05, 3.63) is 0 Å². The summed E-state index contributed by atoms with van der Waals surface area (Å²) in [6.07, 6.45) is 5.68. The number of rotatable bonds is 6. The maximum absolute atomic E-state index is 12.0. The van der Waals surface area contributed by atoms with Crippen molar-refractivity contribution in [2.24, 2.45) is 5.92 Å². The molecule has 0 unspecified atom stereocenters. The fourth-order valence-electron chi connectivity index (χ4n) is 2.61. The molecule has 0 aliphatic heterocycles. The van der Waals surface area contributed by atoms with Crippen LogP contribution in [0.5, 0.6) is 0 Å². The van der Waals surface area contributed by atoms with Crippen molar-refractivity contribution >= 4 is 12.0 Å². The fraction of sp³-hybridized carbons (Fsp3) is 0.857. The summed E-state index contributed by atoms with van der Waals surface area (Å²) < 4.78 is 0. The first-order valence-corrected chi connectivity index (χ1v) is 7.34. The number of hydrogen-bond acceptors (Lipinski definition) is 2. The molecule has 0 spiro atoms. The molecule has 2 N–H and O–H groups in total. The van der Waals surface area contributed by atoms with Crippen LogP contribution in [0.1, 0.15) is 52.4 Å². The van der Waals surface area contributed by atoms with Crippen LogP contribution in [0.15, 0.2) is 0 Å². The highest BCUT2D eigenvalue weighted by Gasteiger charge is 2.23. The topological polar surface area (TPSA) is 69.6 Å². The molecule has 1 saturated carbocycles. The zero-order valence-electron chi connectivity index (χ0n) is 12.0. The summed E-state index contributed by atoms with van der Waals surface area (Å²) in [6, 6.07) is 0.137. The van der Waals surface area contributed by atoms with E-state index in [0.29, 0.717) is 6.54 Å². The molecule has 1 aliphatic rings. The average Bonchev–Trinajstić information content (AvgIpc) is 2.40. The Labute approximate surface area is 115 Å². The molecule has 110 valence electrons. The van der Waals surface area contributed by atoms with Gasteiger partial charge in [-0.2, -0.15) is 0 Å². The second kappa shape index (κ2) is 8.02. The third kappa shape index (κ3) is 5.49. The van der Waals surface area contributed by atoms with Gasteiger partial charge in [0.15, 0.2) is 0 Å². The van der Waals surface area contributed by atoms with E-state index in [9.17, 15) is 9.59 Å². The fourth-order valence-corrected chi connectivity index (χ4v) is 2.61.